The highest BCUT2D eigenvalue weighted by molar-refractivity contribution is 5.67. The van der Waals surface area contributed by atoms with Gasteiger partial charge in [-0.05, 0) is 86.5 Å². The van der Waals surface area contributed by atoms with Crippen LogP contribution in [0.1, 0.15) is 99.3 Å². The molecule has 36 heavy (non-hydrogen) atoms. The van der Waals surface area contributed by atoms with Crippen LogP contribution in [-0.2, 0) is 28.8 Å². The second-order valence-electron chi connectivity index (χ2n) is 14.4. The van der Waals surface area contributed by atoms with E-state index in [1.165, 1.54) is 20.3 Å². The van der Waals surface area contributed by atoms with E-state index in [1.54, 1.807) is 0 Å². The van der Waals surface area contributed by atoms with Crippen LogP contribution in [0.2, 0.25) is 0 Å². The van der Waals surface area contributed by atoms with Crippen molar-refractivity contribution >= 4 is 11.9 Å². The fourth-order valence-corrected chi connectivity index (χ4v) is 10.3. The van der Waals surface area contributed by atoms with E-state index in [1.807, 2.05) is 0 Å². The van der Waals surface area contributed by atoms with E-state index in [0.717, 1.165) is 51.4 Å². The highest BCUT2D eigenvalue weighted by atomic mass is 17.2. The molecular weight excluding hydrogens is 456 g/mol. The van der Waals surface area contributed by atoms with Gasteiger partial charge in [0.1, 0.15) is 23.4 Å². The molecule has 0 amide bonds. The van der Waals surface area contributed by atoms with Crippen molar-refractivity contribution in [2.24, 2.45) is 39.9 Å². The minimum atomic E-state index is -0.409. The van der Waals surface area contributed by atoms with Gasteiger partial charge in [-0.1, -0.05) is 33.8 Å². The van der Waals surface area contributed by atoms with Gasteiger partial charge in [0.15, 0.2) is 0 Å². The molecule has 1 saturated heterocycles. The van der Waals surface area contributed by atoms with Gasteiger partial charge in [-0.15, -0.1) is 0 Å². The van der Waals surface area contributed by atoms with Gasteiger partial charge in [-0.25, -0.2) is 9.78 Å². The highest BCUT2D eigenvalue weighted by Gasteiger charge is 2.74. The normalized spacial score (nSPS) is 52.3. The lowest BCUT2D eigenvalue weighted by Gasteiger charge is -2.72. The molecule has 2 bridgehead atoms. The van der Waals surface area contributed by atoms with Crippen LogP contribution in [0.4, 0.5) is 0 Å². The third kappa shape index (κ3) is 3.28. The maximum absolute atomic E-state index is 12.0. The summed E-state index contributed by atoms with van der Waals surface area (Å²) in [5.41, 5.74) is -0.430. The molecule has 6 heteroatoms. The smallest absolute Gasteiger partial charge is 0.303 e. The lowest BCUT2D eigenvalue weighted by atomic mass is 9.37. The highest BCUT2D eigenvalue weighted by Crippen LogP contribution is 2.73. The van der Waals surface area contributed by atoms with Gasteiger partial charge in [0.05, 0.1) is 0 Å². The van der Waals surface area contributed by atoms with Crippen molar-refractivity contribution in [3.8, 4) is 0 Å². The fraction of sp³-hybridized carbons (Fsp3) is 0.867. The standard InChI is InChI=1S/C30H44O6/c1-18(31)33-23-15-20-9-10-28(6)25(27(20,5)17-24(23)34-19(2)32)8-7-21-22-16-26(3,4)11-12-29(22)13-14-30(21,28)36-35-29/h13-14,20-25H,7-12,15-17H2,1-6H3/t20?,21?,22-,23+,24+,25?,27-,28+,29?,30?/m0/s1. The molecule has 7 aliphatic rings. The van der Waals surface area contributed by atoms with Gasteiger partial charge in [0, 0.05) is 31.1 Å². The molecule has 2 aliphatic heterocycles. The molecule has 7 rings (SSSR count). The largest absolute Gasteiger partial charge is 0.459 e. The number of carbonyl (C=O) groups is 2. The van der Waals surface area contributed by atoms with Crippen LogP contribution in [0, 0.1) is 39.9 Å². The number of hydrogen-bond donors (Lipinski definition) is 0. The van der Waals surface area contributed by atoms with Gasteiger partial charge >= 0.3 is 11.9 Å². The second-order valence-corrected chi connectivity index (χ2v) is 14.4. The summed E-state index contributed by atoms with van der Waals surface area (Å²) in [4.78, 5) is 36.9. The first-order chi connectivity index (χ1) is 16.8. The maximum atomic E-state index is 12.0. The quantitative estimate of drug-likeness (QED) is 0.266. The van der Waals surface area contributed by atoms with Crippen LogP contribution in [0.3, 0.4) is 0 Å². The van der Waals surface area contributed by atoms with Crippen LogP contribution in [0.25, 0.3) is 0 Å². The van der Waals surface area contributed by atoms with Crippen LogP contribution in [0.15, 0.2) is 12.2 Å². The third-order valence-corrected chi connectivity index (χ3v) is 12.0. The number of ether oxygens (including phenoxy) is 2. The van der Waals surface area contributed by atoms with Crippen molar-refractivity contribution < 1.29 is 28.8 Å². The molecule has 6 nitrogen and oxygen atoms in total. The summed E-state index contributed by atoms with van der Waals surface area (Å²) >= 11 is 0. The lowest BCUT2D eigenvalue weighted by Crippen LogP contribution is -2.74. The molecular formula is C30H44O6. The van der Waals surface area contributed by atoms with E-state index in [4.69, 9.17) is 19.2 Å². The lowest BCUT2D eigenvalue weighted by molar-refractivity contribution is -0.493. The summed E-state index contributed by atoms with van der Waals surface area (Å²) in [5.74, 6) is 1.18. The predicted molar refractivity (Wildman–Crippen MR) is 133 cm³/mol. The number of fused-ring (bicyclic) bond motifs is 4. The molecule has 0 aromatic heterocycles. The summed E-state index contributed by atoms with van der Waals surface area (Å²) < 4.78 is 11.5. The van der Waals surface area contributed by atoms with Crippen LogP contribution >= 0.6 is 0 Å². The Morgan fingerprint density at radius 3 is 2.19 bits per heavy atom. The van der Waals surface area contributed by atoms with Gasteiger partial charge in [0.25, 0.3) is 0 Å². The molecule has 4 saturated carbocycles. The molecule has 200 valence electrons. The van der Waals surface area contributed by atoms with E-state index in [-0.39, 0.29) is 34.5 Å². The Kier molecular flexibility index (Phi) is 5.41. The van der Waals surface area contributed by atoms with Crippen molar-refractivity contribution in [3.05, 3.63) is 12.2 Å². The summed E-state index contributed by atoms with van der Waals surface area (Å²) in [6, 6.07) is 0. The van der Waals surface area contributed by atoms with Crippen molar-refractivity contribution in [2.45, 2.75) is 123 Å². The molecule has 5 aliphatic carbocycles. The first-order valence-electron chi connectivity index (χ1n) is 14.3. The van der Waals surface area contributed by atoms with E-state index < -0.39 is 11.7 Å². The Hall–Kier alpha value is -1.40. The molecule has 0 aromatic rings. The van der Waals surface area contributed by atoms with Crippen LogP contribution < -0.4 is 0 Å². The Morgan fingerprint density at radius 2 is 1.53 bits per heavy atom. The summed E-state index contributed by atoms with van der Waals surface area (Å²) in [5, 5.41) is 0. The molecule has 0 N–H and O–H groups in total. The van der Waals surface area contributed by atoms with Gasteiger partial charge in [-0.2, -0.15) is 0 Å². The van der Waals surface area contributed by atoms with E-state index in [9.17, 15) is 9.59 Å². The predicted octanol–water partition coefficient (Wildman–Crippen LogP) is 5.93. The average Bonchev–Trinajstić information content (AvgIpc) is 2.79. The number of hydrogen-bond acceptors (Lipinski definition) is 6. The van der Waals surface area contributed by atoms with Crippen molar-refractivity contribution in [1.29, 1.82) is 0 Å². The minimum absolute atomic E-state index is 0.0293. The first-order valence-corrected chi connectivity index (χ1v) is 14.3. The Morgan fingerprint density at radius 1 is 0.806 bits per heavy atom. The molecule has 10 atom stereocenters. The molecule has 2 spiro atoms. The molecule has 0 radical (unpaired) electrons. The zero-order valence-corrected chi connectivity index (χ0v) is 22.9. The summed E-state index contributed by atoms with van der Waals surface area (Å²) in [6.07, 6.45) is 13.3. The topological polar surface area (TPSA) is 71.1 Å². The Labute approximate surface area is 215 Å². The van der Waals surface area contributed by atoms with Crippen LogP contribution in [0.5, 0.6) is 0 Å². The van der Waals surface area contributed by atoms with Crippen molar-refractivity contribution in [2.75, 3.05) is 0 Å². The average molecular weight is 501 g/mol. The van der Waals surface area contributed by atoms with Crippen molar-refractivity contribution in [3.63, 3.8) is 0 Å². The molecule has 5 fully saturated rings. The Balaban J connectivity index is 1.36. The zero-order chi connectivity index (χ0) is 25.7. The fourth-order valence-electron chi connectivity index (χ4n) is 10.3. The first kappa shape index (κ1) is 24.9. The molecule has 5 unspecified atom stereocenters. The molecule has 0 aromatic carbocycles. The van der Waals surface area contributed by atoms with Gasteiger partial charge in [0.2, 0.25) is 0 Å². The monoisotopic (exact) mass is 500 g/mol. The maximum Gasteiger partial charge on any atom is 0.303 e. The number of esters is 2. The van der Waals surface area contributed by atoms with Crippen molar-refractivity contribution in [1.82, 2.24) is 0 Å². The van der Waals surface area contributed by atoms with Crippen LogP contribution in [-0.4, -0.2) is 35.3 Å². The van der Waals surface area contributed by atoms with E-state index >= 15 is 0 Å². The van der Waals surface area contributed by atoms with Gasteiger partial charge in [-0.3, -0.25) is 9.59 Å². The summed E-state index contributed by atoms with van der Waals surface area (Å²) in [6.45, 7) is 12.6. The van der Waals surface area contributed by atoms with Gasteiger partial charge < -0.3 is 9.47 Å². The van der Waals surface area contributed by atoms with E-state index in [2.05, 4.69) is 39.8 Å². The second kappa shape index (κ2) is 7.81. The number of rotatable bonds is 2. The number of carbonyl (C=O) groups excluding carboxylic acids is 2. The minimum Gasteiger partial charge on any atom is -0.459 e. The SMILES string of the molecule is CC(=O)O[C@@H]1CC2CC[C@]3(C)C(CCC4[C@@H]5CC(C)(C)CCC56C=CC43OO6)[C@@]2(C)C[C@H]1OC(C)=O. The third-order valence-electron chi connectivity index (χ3n) is 12.0. The zero-order valence-electron chi connectivity index (χ0n) is 22.9. The van der Waals surface area contributed by atoms with E-state index in [0.29, 0.717) is 29.1 Å². The molecule has 2 heterocycles. The Bertz CT molecular complexity index is 988. The summed E-state index contributed by atoms with van der Waals surface area (Å²) in [7, 11) is 0.